The first-order valence-electron chi connectivity index (χ1n) is 6.28. The van der Waals surface area contributed by atoms with Gasteiger partial charge in [-0.2, -0.15) is 0 Å². The number of halogens is 1. The number of hydrogen-bond acceptors (Lipinski definition) is 2. The highest BCUT2D eigenvalue weighted by molar-refractivity contribution is 5.88. The van der Waals surface area contributed by atoms with Gasteiger partial charge in [0.2, 0.25) is 0 Å². The molecule has 0 spiro atoms. The fraction of sp³-hybridized carbons (Fsp3) is 0.333. The molecule has 0 aliphatic carbocycles. The van der Waals surface area contributed by atoms with Crippen LogP contribution in [-0.4, -0.2) is 19.7 Å². The molecule has 94 valence electrons. The zero-order chi connectivity index (χ0) is 11.2. The molecule has 3 heteroatoms. The minimum absolute atomic E-state index is 0. The topological polar surface area (TPSA) is 21.3 Å². The predicted molar refractivity (Wildman–Crippen MR) is 75.8 cm³/mol. The molecule has 2 aromatic carbocycles. The van der Waals surface area contributed by atoms with Crippen LogP contribution in [0, 0.1) is 5.92 Å². The van der Waals surface area contributed by atoms with Crippen molar-refractivity contribution in [2.24, 2.45) is 5.92 Å². The first-order valence-corrected chi connectivity index (χ1v) is 6.28. The number of hydrogen-bond donors (Lipinski definition) is 1. The largest absolute Gasteiger partial charge is 0.493 e. The smallest absolute Gasteiger partial charge is 0.123 e. The second-order valence-electron chi connectivity index (χ2n) is 5.03. The van der Waals surface area contributed by atoms with E-state index in [1.54, 1.807) is 0 Å². The summed E-state index contributed by atoms with van der Waals surface area (Å²) in [7, 11) is 0. The van der Waals surface area contributed by atoms with Crippen molar-refractivity contribution in [3.8, 4) is 5.75 Å². The number of nitrogens with one attached hydrogen (secondary N) is 1. The zero-order valence-electron chi connectivity index (χ0n) is 10.1. The third kappa shape index (κ3) is 1.60. The van der Waals surface area contributed by atoms with Crippen LogP contribution >= 0.6 is 12.4 Å². The summed E-state index contributed by atoms with van der Waals surface area (Å²) in [6.07, 6.45) is 0. The van der Waals surface area contributed by atoms with Crippen LogP contribution < -0.4 is 10.1 Å². The number of rotatable bonds is 0. The van der Waals surface area contributed by atoms with Gasteiger partial charge >= 0.3 is 0 Å². The highest BCUT2D eigenvalue weighted by Crippen LogP contribution is 2.42. The summed E-state index contributed by atoms with van der Waals surface area (Å²) < 4.78 is 5.91. The molecule has 2 heterocycles. The van der Waals surface area contributed by atoms with E-state index in [1.165, 1.54) is 16.3 Å². The molecule has 2 nitrogen and oxygen atoms in total. The maximum atomic E-state index is 5.91. The Kier molecular flexibility index (Phi) is 2.92. The minimum Gasteiger partial charge on any atom is -0.493 e. The Morgan fingerprint density at radius 3 is 2.89 bits per heavy atom. The van der Waals surface area contributed by atoms with Gasteiger partial charge in [0.25, 0.3) is 0 Å². The fourth-order valence-corrected chi connectivity index (χ4v) is 3.23. The summed E-state index contributed by atoms with van der Waals surface area (Å²) in [5.74, 6) is 2.37. The molecule has 0 aromatic heterocycles. The van der Waals surface area contributed by atoms with Gasteiger partial charge in [0.1, 0.15) is 5.75 Å². The molecule has 1 fully saturated rings. The van der Waals surface area contributed by atoms with E-state index in [9.17, 15) is 0 Å². The number of benzene rings is 2. The van der Waals surface area contributed by atoms with Gasteiger partial charge in [-0.05, 0) is 16.8 Å². The Morgan fingerprint density at radius 2 is 1.94 bits per heavy atom. The number of fused-ring (bicyclic) bond motifs is 5. The van der Waals surface area contributed by atoms with Gasteiger partial charge in [-0.3, -0.25) is 0 Å². The summed E-state index contributed by atoms with van der Waals surface area (Å²) in [6.45, 7) is 3.05. The molecule has 2 atom stereocenters. The molecule has 0 bridgehead atoms. The molecule has 1 saturated heterocycles. The Morgan fingerprint density at radius 1 is 1.06 bits per heavy atom. The lowest BCUT2D eigenvalue weighted by Gasteiger charge is -2.29. The monoisotopic (exact) mass is 261 g/mol. The standard InChI is InChI=1S/C15H15NO.ClH/c1-2-4-12-10(3-1)5-6-14-15(12)13-8-16-7-11(13)9-17-14;/h1-6,11,13,16H,7-9H2;1H. The van der Waals surface area contributed by atoms with Crippen molar-refractivity contribution in [2.75, 3.05) is 19.7 Å². The molecular formula is C15H16ClNO. The van der Waals surface area contributed by atoms with E-state index in [0.717, 1.165) is 25.4 Å². The van der Waals surface area contributed by atoms with Crippen molar-refractivity contribution in [1.82, 2.24) is 5.32 Å². The fourth-order valence-electron chi connectivity index (χ4n) is 3.23. The highest BCUT2D eigenvalue weighted by Gasteiger charge is 2.35. The van der Waals surface area contributed by atoms with Gasteiger partial charge in [0, 0.05) is 30.5 Å². The summed E-state index contributed by atoms with van der Waals surface area (Å²) in [6, 6.07) is 12.9. The zero-order valence-corrected chi connectivity index (χ0v) is 10.9. The molecule has 0 radical (unpaired) electrons. The summed E-state index contributed by atoms with van der Waals surface area (Å²) >= 11 is 0. The summed E-state index contributed by atoms with van der Waals surface area (Å²) in [4.78, 5) is 0. The van der Waals surface area contributed by atoms with Gasteiger partial charge in [-0.25, -0.2) is 0 Å². The van der Waals surface area contributed by atoms with Crippen molar-refractivity contribution in [2.45, 2.75) is 5.92 Å². The van der Waals surface area contributed by atoms with Crippen LogP contribution in [0.3, 0.4) is 0 Å². The Hall–Kier alpha value is -1.25. The Bertz CT molecular complexity index is 584. The third-order valence-electron chi connectivity index (χ3n) is 4.09. The van der Waals surface area contributed by atoms with E-state index in [4.69, 9.17) is 4.74 Å². The van der Waals surface area contributed by atoms with Crippen LogP contribution in [0.25, 0.3) is 10.8 Å². The van der Waals surface area contributed by atoms with Crippen LogP contribution in [0.4, 0.5) is 0 Å². The Labute approximate surface area is 113 Å². The van der Waals surface area contributed by atoms with E-state index >= 15 is 0 Å². The van der Waals surface area contributed by atoms with Gasteiger partial charge < -0.3 is 10.1 Å². The maximum Gasteiger partial charge on any atom is 0.123 e. The normalized spacial score (nSPS) is 24.9. The van der Waals surface area contributed by atoms with Gasteiger partial charge in [-0.15, -0.1) is 12.4 Å². The van der Waals surface area contributed by atoms with Crippen LogP contribution in [0.15, 0.2) is 36.4 Å². The predicted octanol–water partition coefficient (Wildman–Crippen LogP) is 2.96. The van der Waals surface area contributed by atoms with Crippen molar-refractivity contribution >= 4 is 23.2 Å². The first kappa shape index (κ1) is 11.8. The van der Waals surface area contributed by atoms with Gasteiger partial charge in [0.05, 0.1) is 6.61 Å². The minimum atomic E-state index is 0. The SMILES string of the molecule is Cl.c1ccc2c3c(ccc2c1)OCC1CNCC31. The number of ether oxygens (including phenoxy) is 1. The molecule has 1 N–H and O–H groups in total. The van der Waals surface area contributed by atoms with Crippen LogP contribution in [0.2, 0.25) is 0 Å². The van der Waals surface area contributed by atoms with Crippen molar-refractivity contribution in [3.05, 3.63) is 42.0 Å². The van der Waals surface area contributed by atoms with E-state index in [0.29, 0.717) is 11.8 Å². The molecule has 2 aromatic rings. The molecule has 2 aliphatic heterocycles. The van der Waals surface area contributed by atoms with Crippen molar-refractivity contribution < 1.29 is 4.74 Å². The average Bonchev–Trinajstić information content (AvgIpc) is 2.86. The molecular weight excluding hydrogens is 246 g/mol. The lowest BCUT2D eigenvalue weighted by molar-refractivity contribution is 0.221. The second-order valence-corrected chi connectivity index (χ2v) is 5.03. The lowest BCUT2D eigenvalue weighted by Crippen LogP contribution is -2.24. The highest BCUT2D eigenvalue weighted by atomic mass is 35.5. The first-order chi connectivity index (χ1) is 8.43. The lowest BCUT2D eigenvalue weighted by atomic mass is 9.84. The second kappa shape index (κ2) is 4.45. The van der Waals surface area contributed by atoms with E-state index in [2.05, 4.69) is 41.7 Å². The molecule has 2 aliphatic rings. The van der Waals surface area contributed by atoms with E-state index < -0.39 is 0 Å². The van der Waals surface area contributed by atoms with Crippen LogP contribution in [0.1, 0.15) is 11.5 Å². The average molecular weight is 262 g/mol. The molecule has 2 unspecified atom stereocenters. The van der Waals surface area contributed by atoms with Crippen LogP contribution in [0.5, 0.6) is 5.75 Å². The molecule has 4 rings (SSSR count). The molecule has 18 heavy (non-hydrogen) atoms. The Balaban J connectivity index is 0.000001000. The van der Waals surface area contributed by atoms with Crippen LogP contribution in [-0.2, 0) is 0 Å². The molecule has 0 saturated carbocycles. The van der Waals surface area contributed by atoms with E-state index in [1.807, 2.05) is 0 Å². The van der Waals surface area contributed by atoms with Gasteiger partial charge in [0.15, 0.2) is 0 Å². The molecule has 0 amide bonds. The van der Waals surface area contributed by atoms with Gasteiger partial charge in [-0.1, -0.05) is 30.3 Å². The maximum absolute atomic E-state index is 5.91. The quantitative estimate of drug-likeness (QED) is 0.787. The third-order valence-corrected chi connectivity index (χ3v) is 4.09. The van der Waals surface area contributed by atoms with Crippen molar-refractivity contribution in [3.63, 3.8) is 0 Å². The van der Waals surface area contributed by atoms with Crippen molar-refractivity contribution in [1.29, 1.82) is 0 Å². The van der Waals surface area contributed by atoms with E-state index in [-0.39, 0.29) is 12.4 Å². The summed E-state index contributed by atoms with van der Waals surface area (Å²) in [5.41, 5.74) is 1.42. The summed E-state index contributed by atoms with van der Waals surface area (Å²) in [5, 5.41) is 6.18.